The standard InChI is InChI=1S/C22H20N2O4S/c1-14-6-9-20-19(10-14)17(13-23-20)12-21(22(25)26)24-29(27,28)18-8-7-15-4-2-3-5-16(15)11-18/h2-11,13,21,23-24H,12H2,1H3,(H,25,26)/t21-/m0/s1. The lowest BCUT2D eigenvalue weighted by molar-refractivity contribution is -0.138. The van der Waals surface area contributed by atoms with E-state index in [9.17, 15) is 18.3 Å². The van der Waals surface area contributed by atoms with E-state index >= 15 is 0 Å². The van der Waals surface area contributed by atoms with Crippen molar-refractivity contribution in [2.45, 2.75) is 24.3 Å². The van der Waals surface area contributed by atoms with Crippen LogP contribution >= 0.6 is 0 Å². The molecule has 148 valence electrons. The van der Waals surface area contributed by atoms with E-state index in [0.717, 1.165) is 32.8 Å². The van der Waals surface area contributed by atoms with Crippen LogP contribution in [-0.2, 0) is 21.2 Å². The van der Waals surface area contributed by atoms with E-state index in [1.165, 1.54) is 6.07 Å². The zero-order chi connectivity index (χ0) is 20.6. The fraction of sp³-hybridized carbons (Fsp3) is 0.136. The number of carboxylic acid groups (broad SMARTS) is 1. The molecule has 3 N–H and O–H groups in total. The Balaban J connectivity index is 1.64. The van der Waals surface area contributed by atoms with Gasteiger partial charge < -0.3 is 10.1 Å². The number of hydrogen-bond acceptors (Lipinski definition) is 3. The normalized spacial score (nSPS) is 13.0. The van der Waals surface area contributed by atoms with Gasteiger partial charge in [-0.25, -0.2) is 8.42 Å². The van der Waals surface area contributed by atoms with E-state index in [4.69, 9.17) is 0 Å². The van der Waals surface area contributed by atoms with Crippen molar-refractivity contribution >= 4 is 37.7 Å². The van der Waals surface area contributed by atoms with Crippen molar-refractivity contribution in [1.29, 1.82) is 0 Å². The maximum absolute atomic E-state index is 12.9. The predicted octanol–water partition coefficient (Wildman–Crippen LogP) is 3.60. The summed E-state index contributed by atoms with van der Waals surface area (Å²) in [5.74, 6) is -1.23. The van der Waals surface area contributed by atoms with Gasteiger partial charge in [-0.1, -0.05) is 42.0 Å². The summed E-state index contributed by atoms with van der Waals surface area (Å²) in [6.07, 6.45) is 1.76. The highest BCUT2D eigenvalue weighted by molar-refractivity contribution is 7.89. The van der Waals surface area contributed by atoms with Crippen LogP contribution in [0.4, 0.5) is 0 Å². The van der Waals surface area contributed by atoms with Gasteiger partial charge in [-0.3, -0.25) is 4.79 Å². The fourth-order valence-corrected chi connectivity index (χ4v) is 4.67. The molecular formula is C22H20N2O4S. The summed E-state index contributed by atoms with van der Waals surface area (Å²) in [5.41, 5.74) is 2.67. The van der Waals surface area contributed by atoms with Crippen LogP contribution in [0, 0.1) is 6.92 Å². The minimum Gasteiger partial charge on any atom is -0.480 e. The van der Waals surface area contributed by atoms with Gasteiger partial charge in [0, 0.05) is 23.5 Å². The predicted molar refractivity (Wildman–Crippen MR) is 112 cm³/mol. The fourth-order valence-electron chi connectivity index (χ4n) is 3.45. The van der Waals surface area contributed by atoms with Crippen molar-refractivity contribution in [3.63, 3.8) is 0 Å². The quantitative estimate of drug-likeness (QED) is 0.454. The topological polar surface area (TPSA) is 99.3 Å². The molecule has 0 aliphatic rings. The molecule has 1 atom stereocenters. The molecule has 7 heteroatoms. The molecule has 0 unspecified atom stereocenters. The van der Waals surface area contributed by atoms with Crippen LogP contribution in [0.1, 0.15) is 11.1 Å². The Morgan fingerprint density at radius 3 is 2.59 bits per heavy atom. The molecule has 4 aromatic rings. The Morgan fingerprint density at radius 2 is 1.83 bits per heavy atom. The summed E-state index contributed by atoms with van der Waals surface area (Å²) < 4.78 is 28.1. The highest BCUT2D eigenvalue weighted by Gasteiger charge is 2.26. The van der Waals surface area contributed by atoms with Crippen molar-refractivity contribution in [2.75, 3.05) is 0 Å². The molecule has 0 amide bonds. The number of carboxylic acids is 1. The second kappa shape index (κ2) is 7.35. The number of hydrogen-bond donors (Lipinski definition) is 3. The molecule has 0 fully saturated rings. The summed E-state index contributed by atoms with van der Waals surface area (Å²) in [6.45, 7) is 1.95. The second-order valence-electron chi connectivity index (χ2n) is 7.09. The summed E-state index contributed by atoms with van der Waals surface area (Å²) in [7, 11) is -4.00. The molecule has 0 spiro atoms. The Morgan fingerprint density at radius 1 is 1.07 bits per heavy atom. The number of aromatic nitrogens is 1. The zero-order valence-electron chi connectivity index (χ0n) is 15.7. The lowest BCUT2D eigenvalue weighted by Crippen LogP contribution is -2.42. The van der Waals surface area contributed by atoms with Crippen molar-refractivity contribution in [1.82, 2.24) is 9.71 Å². The van der Waals surface area contributed by atoms with E-state index in [1.807, 2.05) is 49.4 Å². The lowest BCUT2D eigenvalue weighted by atomic mass is 10.0. The van der Waals surface area contributed by atoms with Crippen molar-refractivity contribution in [2.24, 2.45) is 0 Å². The number of sulfonamides is 1. The number of nitrogens with one attached hydrogen (secondary N) is 2. The molecule has 6 nitrogen and oxygen atoms in total. The van der Waals surface area contributed by atoms with Gasteiger partial charge in [0.25, 0.3) is 0 Å². The van der Waals surface area contributed by atoms with Crippen LogP contribution in [0.5, 0.6) is 0 Å². The monoisotopic (exact) mass is 408 g/mol. The average Bonchev–Trinajstić information content (AvgIpc) is 3.08. The molecule has 0 saturated heterocycles. The van der Waals surface area contributed by atoms with Gasteiger partial charge in [0.15, 0.2) is 0 Å². The lowest BCUT2D eigenvalue weighted by Gasteiger charge is -2.15. The van der Waals surface area contributed by atoms with Crippen LogP contribution in [0.25, 0.3) is 21.7 Å². The molecule has 3 aromatic carbocycles. The number of aromatic amines is 1. The molecule has 0 radical (unpaired) electrons. The van der Waals surface area contributed by atoms with E-state index in [0.29, 0.717) is 0 Å². The molecule has 1 aromatic heterocycles. The first-order chi connectivity index (χ1) is 13.8. The van der Waals surface area contributed by atoms with Gasteiger partial charge in [-0.05, 0) is 47.5 Å². The SMILES string of the molecule is Cc1ccc2[nH]cc(C[C@H](NS(=O)(=O)c3ccc4ccccc4c3)C(=O)O)c2c1. The summed E-state index contributed by atoms with van der Waals surface area (Å²) >= 11 is 0. The van der Waals surface area contributed by atoms with Crippen LogP contribution in [0.2, 0.25) is 0 Å². The summed E-state index contributed by atoms with van der Waals surface area (Å²) in [6, 6.07) is 16.7. The number of benzene rings is 3. The number of H-pyrrole nitrogens is 1. The smallest absolute Gasteiger partial charge is 0.322 e. The van der Waals surface area contributed by atoms with Crippen LogP contribution in [0.15, 0.2) is 71.8 Å². The molecule has 0 aliphatic carbocycles. The van der Waals surface area contributed by atoms with E-state index in [1.54, 1.807) is 18.3 Å². The maximum Gasteiger partial charge on any atom is 0.322 e. The highest BCUT2D eigenvalue weighted by atomic mass is 32.2. The molecule has 0 bridgehead atoms. The van der Waals surface area contributed by atoms with Gasteiger partial charge in [0.05, 0.1) is 4.90 Å². The van der Waals surface area contributed by atoms with Crippen molar-refractivity contribution in [3.05, 3.63) is 78.0 Å². The number of carbonyl (C=O) groups is 1. The van der Waals surface area contributed by atoms with Crippen molar-refractivity contribution < 1.29 is 18.3 Å². The second-order valence-corrected chi connectivity index (χ2v) is 8.80. The Hall–Kier alpha value is -3.16. The molecule has 0 aliphatic heterocycles. The van der Waals surface area contributed by atoms with Gasteiger partial charge >= 0.3 is 5.97 Å². The third kappa shape index (κ3) is 3.87. The first kappa shape index (κ1) is 19.2. The van der Waals surface area contributed by atoms with E-state index < -0.39 is 22.0 Å². The van der Waals surface area contributed by atoms with E-state index in [2.05, 4.69) is 9.71 Å². The van der Waals surface area contributed by atoms with Crippen LogP contribution < -0.4 is 4.72 Å². The largest absolute Gasteiger partial charge is 0.480 e. The minimum absolute atomic E-state index is 0.0333. The van der Waals surface area contributed by atoms with Crippen molar-refractivity contribution in [3.8, 4) is 0 Å². The molecule has 0 saturated carbocycles. The first-order valence-corrected chi connectivity index (χ1v) is 10.6. The summed E-state index contributed by atoms with van der Waals surface area (Å²) in [4.78, 5) is 15.0. The maximum atomic E-state index is 12.9. The summed E-state index contributed by atoms with van der Waals surface area (Å²) in [5, 5.41) is 12.2. The first-order valence-electron chi connectivity index (χ1n) is 9.14. The van der Waals surface area contributed by atoms with Crippen LogP contribution in [0.3, 0.4) is 0 Å². The minimum atomic E-state index is -4.00. The third-order valence-electron chi connectivity index (χ3n) is 4.97. The number of rotatable bonds is 6. The molecule has 29 heavy (non-hydrogen) atoms. The highest BCUT2D eigenvalue weighted by Crippen LogP contribution is 2.23. The van der Waals surface area contributed by atoms with Gasteiger partial charge in [0.1, 0.15) is 6.04 Å². The molecular weight excluding hydrogens is 388 g/mol. The number of aliphatic carboxylic acids is 1. The zero-order valence-corrected chi connectivity index (χ0v) is 16.5. The Kier molecular flexibility index (Phi) is 4.86. The number of fused-ring (bicyclic) bond motifs is 2. The Bertz CT molecular complexity index is 1330. The average molecular weight is 408 g/mol. The van der Waals surface area contributed by atoms with E-state index in [-0.39, 0.29) is 11.3 Å². The number of aryl methyl sites for hydroxylation is 1. The van der Waals surface area contributed by atoms with Crippen LogP contribution in [-0.4, -0.2) is 30.5 Å². The van der Waals surface area contributed by atoms with Gasteiger partial charge in [-0.15, -0.1) is 0 Å². The molecule has 1 heterocycles. The Labute approximate surface area is 168 Å². The third-order valence-corrected chi connectivity index (χ3v) is 6.44. The van der Waals surface area contributed by atoms with Gasteiger partial charge in [-0.2, -0.15) is 4.72 Å². The van der Waals surface area contributed by atoms with Gasteiger partial charge in [0.2, 0.25) is 10.0 Å². The molecule has 4 rings (SSSR count).